The Balaban J connectivity index is 2.36. The minimum absolute atomic E-state index is 0.0727. The number of benzene rings is 2. The zero-order valence-corrected chi connectivity index (χ0v) is 11.7. The highest BCUT2D eigenvalue weighted by atomic mass is 35.5. The summed E-state index contributed by atoms with van der Waals surface area (Å²) in [5, 5.41) is 0.444. The zero-order chi connectivity index (χ0) is 14.5. The highest BCUT2D eigenvalue weighted by Crippen LogP contribution is 2.25. The van der Waals surface area contributed by atoms with Crippen LogP contribution in [0.2, 0.25) is 5.02 Å². The fourth-order valence-electron chi connectivity index (χ4n) is 1.73. The maximum absolute atomic E-state index is 12.4. The van der Waals surface area contributed by atoms with Gasteiger partial charge < -0.3 is 4.74 Å². The molecule has 0 aliphatic heterocycles. The van der Waals surface area contributed by atoms with Gasteiger partial charge in [-0.1, -0.05) is 41.9 Å². The Morgan fingerprint density at radius 3 is 2.45 bits per heavy atom. The number of hydrogen-bond donors (Lipinski definition) is 0. The molecule has 0 aromatic heterocycles. The van der Waals surface area contributed by atoms with Crippen LogP contribution in [0.4, 0.5) is 0 Å². The summed E-state index contributed by atoms with van der Waals surface area (Å²) < 4.78 is 5.37. The zero-order valence-electron chi connectivity index (χ0n) is 10.9. The molecule has 0 fully saturated rings. The summed E-state index contributed by atoms with van der Waals surface area (Å²) in [7, 11) is 0. The van der Waals surface area contributed by atoms with Gasteiger partial charge in [-0.3, -0.25) is 9.59 Å². The Morgan fingerprint density at radius 2 is 1.80 bits per heavy atom. The summed E-state index contributed by atoms with van der Waals surface area (Å²) in [4.78, 5) is 23.4. The Labute approximate surface area is 122 Å². The first-order valence-corrected chi connectivity index (χ1v) is 6.47. The van der Waals surface area contributed by atoms with E-state index in [2.05, 4.69) is 0 Å². The van der Waals surface area contributed by atoms with Crippen molar-refractivity contribution in [3.8, 4) is 5.75 Å². The minimum atomic E-state index is -0.188. The van der Waals surface area contributed by atoms with Crippen LogP contribution < -0.4 is 4.74 Å². The van der Waals surface area contributed by atoms with Gasteiger partial charge in [-0.2, -0.15) is 0 Å². The third-order valence-electron chi connectivity index (χ3n) is 2.65. The molecule has 0 atom stereocenters. The van der Waals surface area contributed by atoms with Crippen LogP contribution in [0.3, 0.4) is 0 Å². The number of carbonyl (C=O) groups excluding carboxylic acids is 2. The smallest absolute Gasteiger partial charge is 0.196 e. The molecule has 0 bridgehead atoms. The summed E-state index contributed by atoms with van der Waals surface area (Å²) in [5.74, 6) is 0.0585. The summed E-state index contributed by atoms with van der Waals surface area (Å²) in [5.41, 5.74) is 0.896. The molecule has 0 spiro atoms. The molecule has 0 saturated heterocycles. The van der Waals surface area contributed by atoms with Crippen LogP contribution in [-0.2, 0) is 4.79 Å². The Kier molecular flexibility index (Phi) is 4.53. The van der Waals surface area contributed by atoms with Crippen molar-refractivity contribution in [3.05, 3.63) is 64.7 Å². The van der Waals surface area contributed by atoms with E-state index in [1.54, 1.807) is 42.5 Å². The lowest BCUT2D eigenvalue weighted by Gasteiger charge is -2.10. The van der Waals surface area contributed by atoms with E-state index in [9.17, 15) is 9.59 Å². The minimum Gasteiger partial charge on any atom is -0.485 e. The van der Waals surface area contributed by atoms with E-state index in [1.807, 2.05) is 6.07 Å². The lowest BCUT2D eigenvalue weighted by Crippen LogP contribution is -2.10. The Bertz CT molecular complexity index is 635. The third kappa shape index (κ3) is 3.45. The Morgan fingerprint density at radius 1 is 1.10 bits per heavy atom. The maximum atomic E-state index is 12.4. The van der Waals surface area contributed by atoms with Crippen molar-refractivity contribution in [1.82, 2.24) is 0 Å². The summed E-state index contributed by atoms with van der Waals surface area (Å²) in [6.07, 6.45) is 0. The first-order valence-electron chi connectivity index (χ1n) is 6.09. The van der Waals surface area contributed by atoms with Gasteiger partial charge in [0, 0.05) is 10.6 Å². The second-order valence-electron chi connectivity index (χ2n) is 4.33. The van der Waals surface area contributed by atoms with Crippen LogP contribution in [0.1, 0.15) is 22.8 Å². The van der Waals surface area contributed by atoms with E-state index in [0.717, 1.165) is 0 Å². The first-order chi connectivity index (χ1) is 9.58. The molecule has 102 valence electrons. The molecular weight excluding hydrogens is 276 g/mol. The lowest BCUT2D eigenvalue weighted by molar-refractivity contribution is -0.118. The van der Waals surface area contributed by atoms with Crippen molar-refractivity contribution in [2.24, 2.45) is 0 Å². The fourth-order valence-corrected chi connectivity index (χ4v) is 1.90. The van der Waals surface area contributed by atoms with Crippen LogP contribution in [0.25, 0.3) is 0 Å². The topological polar surface area (TPSA) is 43.4 Å². The molecule has 20 heavy (non-hydrogen) atoms. The van der Waals surface area contributed by atoms with Gasteiger partial charge in [-0.25, -0.2) is 0 Å². The van der Waals surface area contributed by atoms with Crippen LogP contribution in [-0.4, -0.2) is 18.2 Å². The maximum Gasteiger partial charge on any atom is 0.196 e. The molecule has 0 aliphatic carbocycles. The summed E-state index contributed by atoms with van der Waals surface area (Å²) >= 11 is 5.94. The average molecular weight is 289 g/mol. The quantitative estimate of drug-likeness (QED) is 0.790. The van der Waals surface area contributed by atoms with Crippen LogP contribution in [0, 0.1) is 0 Å². The SMILES string of the molecule is CC(=O)COc1ccc(Cl)cc1C(=O)c1ccccc1. The molecule has 2 rings (SSSR count). The van der Waals surface area contributed by atoms with Gasteiger partial charge in [0.05, 0.1) is 5.56 Å². The summed E-state index contributed by atoms with van der Waals surface area (Å²) in [6, 6.07) is 13.6. The van der Waals surface area contributed by atoms with Crippen LogP contribution >= 0.6 is 11.6 Å². The molecule has 0 aliphatic rings. The second-order valence-corrected chi connectivity index (χ2v) is 4.76. The standard InChI is InChI=1S/C16H13ClO3/c1-11(18)10-20-15-8-7-13(17)9-14(15)16(19)12-5-3-2-4-6-12/h2-9H,10H2,1H3. The molecule has 2 aromatic rings. The van der Waals surface area contributed by atoms with E-state index >= 15 is 0 Å². The predicted octanol–water partition coefficient (Wildman–Crippen LogP) is 3.54. The highest BCUT2D eigenvalue weighted by molar-refractivity contribution is 6.31. The third-order valence-corrected chi connectivity index (χ3v) is 2.89. The van der Waals surface area contributed by atoms with E-state index in [4.69, 9.17) is 16.3 Å². The van der Waals surface area contributed by atoms with Gasteiger partial charge in [-0.15, -0.1) is 0 Å². The molecule has 0 N–H and O–H groups in total. The molecule has 0 saturated carbocycles. The number of hydrogen-bond acceptors (Lipinski definition) is 3. The van der Waals surface area contributed by atoms with Crippen molar-refractivity contribution in [3.63, 3.8) is 0 Å². The molecule has 0 radical (unpaired) electrons. The number of rotatable bonds is 5. The molecule has 2 aromatic carbocycles. The van der Waals surface area contributed by atoms with Gasteiger partial charge in [0.1, 0.15) is 12.4 Å². The number of carbonyl (C=O) groups is 2. The Hall–Kier alpha value is -2.13. The van der Waals surface area contributed by atoms with Crippen molar-refractivity contribution >= 4 is 23.2 Å². The average Bonchev–Trinajstić information content (AvgIpc) is 2.46. The molecule has 0 unspecified atom stereocenters. The molecular formula is C16H13ClO3. The van der Waals surface area contributed by atoms with E-state index in [0.29, 0.717) is 21.9 Å². The summed E-state index contributed by atoms with van der Waals surface area (Å²) in [6.45, 7) is 1.35. The van der Waals surface area contributed by atoms with E-state index in [-0.39, 0.29) is 18.2 Å². The van der Waals surface area contributed by atoms with Crippen molar-refractivity contribution in [1.29, 1.82) is 0 Å². The number of Topliss-reactive ketones (excluding diaryl/α,β-unsaturated/α-hetero) is 1. The number of ketones is 2. The van der Waals surface area contributed by atoms with Gasteiger partial charge in [0.2, 0.25) is 0 Å². The van der Waals surface area contributed by atoms with E-state index in [1.165, 1.54) is 6.92 Å². The van der Waals surface area contributed by atoms with Crippen LogP contribution in [0.5, 0.6) is 5.75 Å². The van der Waals surface area contributed by atoms with Crippen LogP contribution in [0.15, 0.2) is 48.5 Å². The normalized spacial score (nSPS) is 10.1. The first kappa shape index (κ1) is 14.3. The lowest BCUT2D eigenvalue weighted by atomic mass is 10.0. The predicted molar refractivity (Wildman–Crippen MR) is 77.5 cm³/mol. The fraction of sp³-hybridized carbons (Fsp3) is 0.125. The van der Waals surface area contributed by atoms with Gasteiger partial charge in [-0.05, 0) is 25.1 Å². The molecule has 0 heterocycles. The molecule has 0 amide bonds. The van der Waals surface area contributed by atoms with Gasteiger partial charge >= 0.3 is 0 Å². The molecule has 4 heteroatoms. The number of halogens is 1. The van der Waals surface area contributed by atoms with Crippen molar-refractivity contribution < 1.29 is 14.3 Å². The van der Waals surface area contributed by atoms with Gasteiger partial charge in [0.25, 0.3) is 0 Å². The van der Waals surface area contributed by atoms with Crippen molar-refractivity contribution in [2.45, 2.75) is 6.92 Å². The van der Waals surface area contributed by atoms with E-state index < -0.39 is 0 Å². The van der Waals surface area contributed by atoms with Gasteiger partial charge in [0.15, 0.2) is 11.6 Å². The second kappa shape index (κ2) is 6.35. The number of ether oxygens (including phenoxy) is 1. The molecule has 3 nitrogen and oxygen atoms in total. The van der Waals surface area contributed by atoms with Crippen molar-refractivity contribution in [2.75, 3.05) is 6.61 Å². The monoisotopic (exact) mass is 288 g/mol. The highest BCUT2D eigenvalue weighted by Gasteiger charge is 2.15. The largest absolute Gasteiger partial charge is 0.485 e.